The van der Waals surface area contributed by atoms with E-state index in [4.69, 9.17) is 6.42 Å². The van der Waals surface area contributed by atoms with E-state index in [-0.39, 0.29) is 6.04 Å². The molecule has 1 aliphatic carbocycles. The molecule has 14 heavy (non-hydrogen) atoms. The molecule has 1 heterocycles. The summed E-state index contributed by atoms with van der Waals surface area (Å²) in [5.41, 5.74) is 2.63. The Balaban J connectivity index is 2.17. The van der Waals surface area contributed by atoms with Crippen LogP contribution in [0.2, 0.25) is 0 Å². The average molecular weight is 186 g/mol. The minimum Gasteiger partial charge on any atom is -0.357 e. The fraction of sp³-hybridized carbons (Fsp3) is 0.417. The van der Waals surface area contributed by atoms with Gasteiger partial charge in [0.05, 0.1) is 6.04 Å². The quantitative estimate of drug-likeness (QED) is 0.715. The number of hydrogen-bond acceptors (Lipinski definition) is 2. The molecule has 0 aromatic carbocycles. The Morgan fingerprint density at radius 2 is 2.36 bits per heavy atom. The lowest BCUT2D eigenvalue weighted by molar-refractivity contribution is 0.898. The summed E-state index contributed by atoms with van der Waals surface area (Å²) in [7, 11) is 0. The molecular weight excluding hydrogens is 172 g/mol. The monoisotopic (exact) mass is 186 g/mol. The van der Waals surface area contributed by atoms with Crippen LogP contribution in [0.1, 0.15) is 24.6 Å². The second-order valence-electron chi connectivity index (χ2n) is 3.69. The Morgan fingerprint density at radius 1 is 1.50 bits per heavy atom. The molecule has 1 atom stereocenters. The summed E-state index contributed by atoms with van der Waals surface area (Å²) >= 11 is 0. The van der Waals surface area contributed by atoms with Crippen LogP contribution in [-0.4, -0.2) is 11.0 Å². The molecule has 0 spiro atoms. The highest BCUT2D eigenvalue weighted by Gasteiger charge is 2.12. The van der Waals surface area contributed by atoms with E-state index < -0.39 is 0 Å². The van der Waals surface area contributed by atoms with E-state index in [0.29, 0.717) is 0 Å². The first-order valence-corrected chi connectivity index (χ1v) is 5.01. The van der Waals surface area contributed by atoms with Gasteiger partial charge in [-0.15, -0.1) is 6.42 Å². The van der Waals surface area contributed by atoms with Crippen LogP contribution in [0.25, 0.3) is 0 Å². The highest BCUT2D eigenvalue weighted by Crippen LogP contribution is 2.21. The van der Waals surface area contributed by atoms with Gasteiger partial charge in [0.2, 0.25) is 0 Å². The summed E-state index contributed by atoms with van der Waals surface area (Å²) < 4.78 is 0. The van der Waals surface area contributed by atoms with Crippen molar-refractivity contribution in [2.45, 2.75) is 32.2 Å². The second-order valence-corrected chi connectivity index (χ2v) is 3.69. The first-order valence-electron chi connectivity index (χ1n) is 5.01. The zero-order valence-corrected chi connectivity index (χ0v) is 8.38. The number of fused-ring (bicyclic) bond motifs is 1. The number of nitrogens with one attached hydrogen (secondary N) is 1. The SMILES string of the molecule is C#CC(C)Nc1ccc2c(n1)CCC2. The minimum absolute atomic E-state index is 0.0435. The zero-order valence-electron chi connectivity index (χ0n) is 8.38. The predicted octanol–water partition coefficient (Wildman–Crippen LogP) is 2.00. The number of anilines is 1. The Bertz CT molecular complexity index is 376. The number of terminal acetylenes is 1. The van der Waals surface area contributed by atoms with Gasteiger partial charge in [-0.2, -0.15) is 0 Å². The molecule has 0 saturated heterocycles. The molecule has 2 heteroatoms. The van der Waals surface area contributed by atoms with Crippen LogP contribution < -0.4 is 5.32 Å². The zero-order chi connectivity index (χ0) is 9.97. The van der Waals surface area contributed by atoms with Crippen LogP contribution in [0.4, 0.5) is 5.82 Å². The van der Waals surface area contributed by atoms with E-state index >= 15 is 0 Å². The van der Waals surface area contributed by atoms with Crippen molar-refractivity contribution in [2.24, 2.45) is 0 Å². The van der Waals surface area contributed by atoms with Gasteiger partial charge in [0, 0.05) is 5.69 Å². The van der Waals surface area contributed by atoms with Crippen molar-refractivity contribution in [2.75, 3.05) is 5.32 Å². The van der Waals surface area contributed by atoms with Crippen LogP contribution in [0.15, 0.2) is 12.1 Å². The van der Waals surface area contributed by atoms with Crippen LogP contribution >= 0.6 is 0 Å². The van der Waals surface area contributed by atoms with Crippen LogP contribution in [0, 0.1) is 12.3 Å². The van der Waals surface area contributed by atoms with E-state index in [1.165, 1.54) is 24.1 Å². The van der Waals surface area contributed by atoms with E-state index in [1.807, 2.05) is 13.0 Å². The van der Waals surface area contributed by atoms with E-state index in [1.54, 1.807) is 0 Å². The van der Waals surface area contributed by atoms with Crippen molar-refractivity contribution >= 4 is 5.82 Å². The number of aromatic nitrogens is 1. The molecule has 1 aromatic heterocycles. The third-order valence-corrected chi connectivity index (χ3v) is 2.54. The summed E-state index contributed by atoms with van der Waals surface area (Å²) in [4.78, 5) is 4.53. The predicted molar refractivity (Wildman–Crippen MR) is 58.2 cm³/mol. The molecule has 0 aliphatic heterocycles. The molecular formula is C12H14N2. The van der Waals surface area contributed by atoms with Gasteiger partial charge in [-0.25, -0.2) is 4.98 Å². The first kappa shape index (κ1) is 9.08. The summed E-state index contributed by atoms with van der Waals surface area (Å²) in [6.45, 7) is 1.95. The van der Waals surface area contributed by atoms with Crippen molar-refractivity contribution in [3.05, 3.63) is 23.4 Å². The molecule has 1 unspecified atom stereocenters. The van der Waals surface area contributed by atoms with Crippen LogP contribution in [-0.2, 0) is 12.8 Å². The summed E-state index contributed by atoms with van der Waals surface area (Å²) in [6.07, 6.45) is 8.81. The molecule has 72 valence electrons. The fourth-order valence-corrected chi connectivity index (χ4v) is 1.76. The lowest BCUT2D eigenvalue weighted by Crippen LogP contribution is -2.13. The normalized spacial score (nSPS) is 15.7. The number of aryl methyl sites for hydroxylation is 2. The van der Waals surface area contributed by atoms with Crippen molar-refractivity contribution < 1.29 is 0 Å². The van der Waals surface area contributed by atoms with Crippen LogP contribution in [0.3, 0.4) is 0 Å². The van der Waals surface area contributed by atoms with Crippen LogP contribution in [0.5, 0.6) is 0 Å². The van der Waals surface area contributed by atoms with E-state index in [9.17, 15) is 0 Å². The van der Waals surface area contributed by atoms with Crippen molar-refractivity contribution in [3.63, 3.8) is 0 Å². The first-order chi connectivity index (χ1) is 6.79. The van der Waals surface area contributed by atoms with Gasteiger partial charge in [0.25, 0.3) is 0 Å². The molecule has 0 bridgehead atoms. The molecule has 0 fully saturated rings. The van der Waals surface area contributed by atoms with Gasteiger partial charge >= 0.3 is 0 Å². The lowest BCUT2D eigenvalue weighted by atomic mass is 10.2. The molecule has 2 rings (SSSR count). The Morgan fingerprint density at radius 3 is 3.14 bits per heavy atom. The van der Waals surface area contributed by atoms with Gasteiger partial charge in [0.15, 0.2) is 0 Å². The Labute approximate surface area is 84.7 Å². The maximum absolute atomic E-state index is 5.29. The van der Waals surface area contributed by atoms with Crippen molar-refractivity contribution in [1.29, 1.82) is 0 Å². The standard InChI is InChI=1S/C12H14N2/c1-3-9(2)13-12-8-7-10-5-4-6-11(10)14-12/h1,7-9H,4-6H2,2H3,(H,13,14). The molecule has 0 amide bonds. The number of hydrogen-bond donors (Lipinski definition) is 1. The number of rotatable bonds is 2. The van der Waals surface area contributed by atoms with Crippen molar-refractivity contribution in [3.8, 4) is 12.3 Å². The maximum atomic E-state index is 5.29. The molecule has 1 aliphatic rings. The highest BCUT2D eigenvalue weighted by molar-refractivity contribution is 5.42. The molecule has 1 aromatic rings. The van der Waals surface area contributed by atoms with Gasteiger partial charge in [-0.1, -0.05) is 12.0 Å². The second kappa shape index (κ2) is 3.71. The largest absolute Gasteiger partial charge is 0.357 e. The number of nitrogens with zero attached hydrogens (tertiary/aromatic N) is 1. The molecule has 0 saturated carbocycles. The Hall–Kier alpha value is -1.49. The van der Waals surface area contributed by atoms with Gasteiger partial charge in [-0.3, -0.25) is 0 Å². The van der Waals surface area contributed by atoms with E-state index in [0.717, 1.165) is 12.2 Å². The maximum Gasteiger partial charge on any atom is 0.127 e. The van der Waals surface area contributed by atoms with Gasteiger partial charge in [0.1, 0.15) is 5.82 Å². The van der Waals surface area contributed by atoms with Gasteiger partial charge < -0.3 is 5.32 Å². The minimum atomic E-state index is 0.0435. The topological polar surface area (TPSA) is 24.9 Å². The van der Waals surface area contributed by atoms with E-state index in [2.05, 4.69) is 22.3 Å². The highest BCUT2D eigenvalue weighted by atomic mass is 15.0. The summed E-state index contributed by atoms with van der Waals surface area (Å²) in [6, 6.07) is 4.21. The summed E-state index contributed by atoms with van der Waals surface area (Å²) in [5.74, 6) is 3.53. The van der Waals surface area contributed by atoms with Crippen molar-refractivity contribution in [1.82, 2.24) is 4.98 Å². The summed E-state index contributed by atoms with van der Waals surface area (Å²) in [5, 5.41) is 3.17. The average Bonchev–Trinajstić information content (AvgIpc) is 2.64. The third kappa shape index (κ3) is 1.72. The number of pyridine rings is 1. The van der Waals surface area contributed by atoms with Gasteiger partial charge in [-0.05, 0) is 37.8 Å². The smallest absolute Gasteiger partial charge is 0.127 e. The lowest BCUT2D eigenvalue weighted by Gasteiger charge is -2.09. The third-order valence-electron chi connectivity index (χ3n) is 2.54. The molecule has 2 nitrogen and oxygen atoms in total. The molecule has 1 N–H and O–H groups in total. The Kier molecular flexibility index (Phi) is 2.41. The fourth-order valence-electron chi connectivity index (χ4n) is 1.76. The molecule has 0 radical (unpaired) electrons.